The van der Waals surface area contributed by atoms with E-state index in [1.807, 2.05) is 0 Å². The lowest BCUT2D eigenvalue weighted by molar-refractivity contribution is -0.139. The van der Waals surface area contributed by atoms with E-state index in [0.717, 1.165) is 0 Å². The largest absolute Gasteiger partial charge is 0.481 e. The summed E-state index contributed by atoms with van der Waals surface area (Å²) in [7, 11) is 0. The second-order valence-corrected chi connectivity index (χ2v) is 4.55. The quantitative estimate of drug-likeness (QED) is 0.312. The van der Waals surface area contributed by atoms with E-state index in [2.05, 4.69) is 31.3 Å². The number of hydrogen-bond donors (Lipinski definition) is 5. The molecule has 0 fully saturated rings. The van der Waals surface area contributed by atoms with Crippen molar-refractivity contribution in [2.75, 3.05) is 0 Å². The standard InChI is InChI=1S/C11H16N6O6/c18-5-6(1-4-9(19)20)12-11(23)13-7(10(21)22)2-3-8-14-16-17-15-8/h5-7H,1-4H2,(H,19,20)(H,21,22)(H2,12,13,23)(H,14,15,16,17). The summed E-state index contributed by atoms with van der Waals surface area (Å²) in [4.78, 5) is 44.0. The molecule has 0 radical (unpaired) electrons. The molecule has 2 amide bonds. The van der Waals surface area contributed by atoms with Crippen LogP contribution in [0.1, 0.15) is 25.1 Å². The fourth-order valence-corrected chi connectivity index (χ4v) is 1.64. The number of amides is 2. The van der Waals surface area contributed by atoms with E-state index in [1.54, 1.807) is 0 Å². The van der Waals surface area contributed by atoms with Crippen LogP contribution in [0.5, 0.6) is 0 Å². The van der Waals surface area contributed by atoms with Gasteiger partial charge in [-0.2, -0.15) is 5.21 Å². The number of carbonyl (C=O) groups is 4. The van der Waals surface area contributed by atoms with E-state index in [1.165, 1.54) is 0 Å². The molecule has 2 unspecified atom stereocenters. The molecule has 1 aromatic heterocycles. The minimum Gasteiger partial charge on any atom is -0.481 e. The fourth-order valence-electron chi connectivity index (χ4n) is 1.64. The van der Waals surface area contributed by atoms with Crippen LogP contribution in [0.2, 0.25) is 0 Å². The SMILES string of the molecule is O=CC(CCC(=O)O)NC(=O)NC(CCc1nn[nH]n1)C(=O)O. The number of carboxylic acid groups (broad SMARTS) is 2. The van der Waals surface area contributed by atoms with Crippen molar-refractivity contribution in [1.82, 2.24) is 31.3 Å². The molecule has 23 heavy (non-hydrogen) atoms. The molecule has 0 aliphatic rings. The number of nitrogens with zero attached hydrogens (tertiary/aromatic N) is 3. The number of aliphatic carboxylic acids is 2. The number of nitrogens with one attached hydrogen (secondary N) is 3. The van der Waals surface area contributed by atoms with Gasteiger partial charge in [-0.3, -0.25) is 4.79 Å². The summed E-state index contributed by atoms with van der Waals surface area (Å²) in [5.74, 6) is -2.08. The summed E-state index contributed by atoms with van der Waals surface area (Å²) in [6, 6.07) is -3.12. The molecule has 1 aromatic rings. The number of aldehydes is 1. The third-order valence-corrected chi connectivity index (χ3v) is 2.80. The van der Waals surface area contributed by atoms with Crippen molar-refractivity contribution >= 4 is 24.3 Å². The van der Waals surface area contributed by atoms with E-state index in [0.29, 0.717) is 12.1 Å². The van der Waals surface area contributed by atoms with Crippen LogP contribution in [0.25, 0.3) is 0 Å². The van der Waals surface area contributed by atoms with Crippen LogP contribution >= 0.6 is 0 Å². The second kappa shape index (κ2) is 9.07. The molecule has 1 rings (SSSR count). The van der Waals surface area contributed by atoms with Gasteiger partial charge in [-0.15, -0.1) is 10.2 Å². The van der Waals surface area contributed by atoms with Gasteiger partial charge in [0.25, 0.3) is 0 Å². The summed E-state index contributed by atoms with van der Waals surface area (Å²) in [5.41, 5.74) is 0. The Morgan fingerprint density at radius 1 is 1.22 bits per heavy atom. The van der Waals surface area contributed by atoms with Crippen molar-refractivity contribution in [3.63, 3.8) is 0 Å². The average molecular weight is 328 g/mol. The van der Waals surface area contributed by atoms with Crippen LogP contribution in [0.4, 0.5) is 4.79 Å². The zero-order valence-electron chi connectivity index (χ0n) is 11.9. The van der Waals surface area contributed by atoms with Gasteiger partial charge >= 0.3 is 18.0 Å². The maximum atomic E-state index is 11.7. The summed E-state index contributed by atoms with van der Waals surface area (Å²) < 4.78 is 0. The molecular weight excluding hydrogens is 312 g/mol. The van der Waals surface area contributed by atoms with Crippen molar-refractivity contribution in [1.29, 1.82) is 0 Å². The molecule has 0 aliphatic carbocycles. The van der Waals surface area contributed by atoms with Crippen molar-refractivity contribution in [2.45, 2.75) is 37.8 Å². The number of rotatable bonds is 10. The molecule has 1 heterocycles. The van der Waals surface area contributed by atoms with Crippen molar-refractivity contribution in [3.8, 4) is 0 Å². The second-order valence-electron chi connectivity index (χ2n) is 4.55. The number of aromatic nitrogens is 4. The monoisotopic (exact) mass is 328 g/mol. The smallest absolute Gasteiger partial charge is 0.326 e. The minimum absolute atomic E-state index is 0.0170. The zero-order valence-corrected chi connectivity index (χ0v) is 11.9. The van der Waals surface area contributed by atoms with Crippen LogP contribution in [-0.2, 0) is 20.8 Å². The predicted octanol–water partition coefficient (Wildman–Crippen LogP) is -1.68. The molecule has 12 heteroatoms. The lowest BCUT2D eigenvalue weighted by Crippen LogP contribution is -2.49. The Labute approximate surface area is 129 Å². The summed E-state index contributed by atoms with van der Waals surface area (Å²) in [6.45, 7) is 0. The first-order chi connectivity index (χ1) is 10.9. The molecule has 0 aromatic carbocycles. The van der Waals surface area contributed by atoms with Crippen LogP contribution in [0, 0.1) is 0 Å². The number of carbonyl (C=O) groups excluding carboxylic acids is 2. The van der Waals surface area contributed by atoms with Crippen molar-refractivity contribution in [3.05, 3.63) is 5.82 Å². The molecule has 5 N–H and O–H groups in total. The lowest BCUT2D eigenvalue weighted by Gasteiger charge is -2.17. The topological polar surface area (TPSA) is 187 Å². The van der Waals surface area contributed by atoms with Crippen LogP contribution in [-0.4, -0.2) is 67.2 Å². The summed E-state index contributed by atoms with van der Waals surface area (Å²) in [5, 5.41) is 34.8. The number of H-pyrrole nitrogens is 1. The molecular formula is C11H16N6O6. The Kier molecular flexibility index (Phi) is 7.10. The molecule has 0 saturated carbocycles. The number of aryl methyl sites for hydroxylation is 1. The van der Waals surface area contributed by atoms with E-state index in [4.69, 9.17) is 10.2 Å². The van der Waals surface area contributed by atoms with Crippen LogP contribution in [0.15, 0.2) is 0 Å². The van der Waals surface area contributed by atoms with E-state index in [-0.39, 0.29) is 25.7 Å². The summed E-state index contributed by atoms with van der Waals surface area (Å²) in [6.07, 6.45) is 0.182. The number of tetrazole rings is 1. The normalized spacial score (nSPS) is 12.9. The molecule has 12 nitrogen and oxygen atoms in total. The highest BCUT2D eigenvalue weighted by Crippen LogP contribution is 2.00. The predicted molar refractivity (Wildman–Crippen MR) is 72.3 cm³/mol. The van der Waals surface area contributed by atoms with E-state index >= 15 is 0 Å². The lowest BCUT2D eigenvalue weighted by atomic mass is 10.1. The average Bonchev–Trinajstić information content (AvgIpc) is 3.00. The molecule has 0 spiro atoms. The number of carboxylic acids is 2. The number of urea groups is 1. The number of hydrogen-bond acceptors (Lipinski definition) is 7. The van der Waals surface area contributed by atoms with Gasteiger partial charge < -0.3 is 25.6 Å². The van der Waals surface area contributed by atoms with Gasteiger partial charge in [-0.25, -0.2) is 9.59 Å². The molecule has 2 atom stereocenters. The highest BCUT2D eigenvalue weighted by atomic mass is 16.4. The fraction of sp³-hybridized carbons (Fsp3) is 0.545. The van der Waals surface area contributed by atoms with E-state index in [9.17, 15) is 19.2 Å². The van der Waals surface area contributed by atoms with Crippen LogP contribution < -0.4 is 10.6 Å². The van der Waals surface area contributed by atoms with Gasteiger partial charge in [-0.1, -0.05) is 5.21 Å². The van der Waals surface area contributed by atoms with E-state index < -0.39 is 30.1 Å². The van der Waals surface area contributed by atoms with Crippen molar-refractivity contribution in [2.24, 2.45) is 0 Å². The van der Waals surface area contributed by atoms with Crippen molar-refractivity contribution < 1.29 is 29.4 Å². The van der Waals surface area contributed by atoms with Gasteiger partial charge in [0, 0.05) is 12.8 Å². The maximum absolute atomic E-state index is 11.7. The molecule has 0 bridgehead atoms. The Morgan fingerprint density at radius 2 is 1.96 bits per heavy atom. The Hall–Kier alpha value is -3.05. The zero-order chi connectivity index (χ0) is 17.2. The first kappa shape index (κ1) is 18.0. The Balaban J connectivity index is 2.47. The first-order valence-electron chi connectivity index (χ1n) is 6.61. The van der Waals surface area contributed by atoms with Gasteiger partial charge in [0.05, 0.1) is 6.04 Å². The third-order valence-electron chi connectivity index (χ3n) is 2.80. The Morgan fingerprint density at radius 3 is 2.48 bits per heavy atom. The van der Waals surface area contributed by atoms with Gasteiger partial charge in [0.1, 0.15) is 12.3 Å². The summed E-state index contributed by atoms with van der Waals surface area (Å²) >= 11 is 0. The molecule has 126 valence electrons. The highest BCUT2D eigenvalue weighted by molar-refractivity contribution is 5.84. The third kappa shape index (κ3) is 6.97. The minimum atomic E-state index is -1.27. The van der Waals surface area contributed by atoms with Gasteiger partial charge in [0.2, 0.25) is 0 Å². The van der Waals surface area contributed by atoms with Gasteiger partial charge in [-0.05, 0) is 12.8 Å². The highest BCUT2D eigenvalue weighted by Gasteiger charge is 2.22. The number of aromatic amines is 1. The Bertz CT molecular complexity index is 547. The van der Waals surface area contributed by atoms with Crippen LogP contribution in [0.3, 0.4) is 0 Å². The first-order valence-corrected chi connectivity index (χ1v) is 6.61. The molecule has 0 saturated heterocycles. The van der Waals surface area contributed by atoms with Gasteiger partial charge in [0.15, 0.2) is 5.82 Å². The molecule has 0 aliphatic heterocycles. The maximum Gasteiger partial charge on any atom is 0.326 e.